The lowest BCUT2D eigenvalue weighted by Gasteiger charge is -2.45. The van der Waals surface area contributed by atoms with Crippen molar-refractivity contribution in [3.63, 3.8) is 0 Å². The molecule has 0 spiro atoms. The molecule has 2 aliphatic rings. The molecule has 4 rings (SSSR count). The number of epoxide rings is 1. The molecule has 0 aromatic heterocycles. The Kier molecular flexibility index (Phi) is 11.2. The highest BCUT2D eigenvalue weighted by molar-refractivity contribution is 6.99. The number of unbranched alkanes of at least 4 members (excludes halogenated alkanes) is 3. The van der Waals surface area contributed by atoms with Gasteiger partial charge in [-0.1, -0.05) is 113 Å². The summed E-state index contributed by atoms with van der Waals surface area (Å²) in [4.78, 5) is 24.6. The second-order valence-electron chi connectivity index (χ2n) is 12.8. The van der Waals surface area contributed by atoms with Crippen LogP contribution in [0, 0.1) is 5.92 Å². The number of ether oxygens (including phenoxy) is 1. The van der Waals surface area contributed by atoms with Gasteiger partial charge in [-0.05, 0) is 59.2 Å². The molecule has 1 aliphatic carbocycles. The van der Waals surface area contributed by atoms with Crippen LogP contribution in [0.1, 0.15) is 85.5 Å². The number of hydrogen-bond acceptors (Lipinski definition) is 4. The van der Waals surface area contributed by atoms with Crippen LogP contribution in [-0.2, 0) is 18.8 Å². The molecule has 226 valence electrons. The minimum absolute atomic E-state index is 0.00784. The van der Waals surface area contributed by atoms with Crippen LogP contribution in [0.3, 0.4) is 0 Å². The number of carbonyl (C=O) groups is 2. The zero-order valence-electron chi connectivity index (χ0n) is 25.8. The van der Waals surface area contributed by atoms with E-state index in [-0.39, 0.29) is 41.5 Å². The van der Waals surface area contributed by atoms with Crippen molar-refractivity contribution >= 4 is 30.4 Å². The van der Waals surface area contributed by atoms with Gasteiger partial charge in [0.25, 0.3) is 8.32 Å². The summed E-state index contributed by atoms with van der Waals surface area (Å²) in [5.41, 5.74) is 0.821. The molecule has 0 bridgehead atoms. The van der Waals surface area contributed by atoms with E-state index in [1.165, 1.54) is 29.6 Å². The molecule has 2 aromatic carbocycles. The predicted octanol–water partition coefficient (Wildman–Crippen LogP) is 7.00. The fraction of sp³-hybridized carbons (Fsp3) is 0.500. The maximum absolute atomic E-state index is 13.7. The average Bonchev–Trinajstić information content (AvgIpc) is 3.64. The van der Waals surface area contributed by atoms with Gasteiger partial charge in [-0.15, -0.1) is 0 Å². The van der Waals surface area contributed by atoms with Crippen LogP contribution in [0.5, 0.6) is 0 Å². The van der Waals surface area contributed by atoms with Gasteiger partial charge in [-0.3, -0.25) is 9.59 Å². The Morgan fingerprint density at radius 2 is 1.64 bits per heavy atom. The second-order valence-corrected chi connectivity index (χ2v) is 17.1. The van der Waals surface area contributed by atoms with E-state index in [4.69, 9.17) is 14.3 Å². The zero-order chi connectivity index (χ0) is 30.2. The third kappa shape index (κ3) is 7.77. The molecule has 1 aliphatic heterocycles. The van der Waals surface area contributed by atoms with E-state index in [0.29, 0.717) is 19.3 Å². The van der Waals surface area contributed by atoms with Gasteiger partial charge < -0.3 is 14.3 Å². The fourth-order valence-corrected chi connectivity index (χ4v) is 11.1. The highest BCUT2D eigenvalue weighted by Gasteiger charge is 2.54. The van der Waals surface area contributed by atoms with Gasteiger partial charge in [0.05, 0.1) is 12.2 Å². The Hall–Kier alpha value is -2.80. The van der Waals surface area contributed by atoms with Crippen LogP contribution in [0.15, 0.2) is 84.5 Å². The van der Waals surface area contributed by atoms with Gasteiger partial charge in [-0.25, -0.2) is 0 Å². The maximum Gasteiger partial charge on any atom is 0.303 e. The van der Waals surface area contributed by atoms with Gasteiger partial charge >= 0.3 is 5.97 Å². The van der Waals surface area contributed by atoms with Gasteiger partial charge in [0.2, 0.25) is 0 Å². The first kappa shape index (κ1) is 32.1. The molecule has 0 radical (unpaired) electrons. The van der Waals surface area contributed by atoms with E-state index in [1.807, 2.05) is 18.2 Å². The van der Waals surface area contributed by atoms with Gasteiger partial charge in [0, 0.05) is 18.8 Å². The summed E-state index contributed by atoms with van der Waals surface area (Å²) in [7, 11) is -2.84. The molecular formula is C36H48O5Si. The SMILES string of the molecule is CCCCC/C=C\C[C@@H]1/C(=C\[C@H]2O[C@@H]2CCCC(=O)O)C(=O)C[C@H]1O[Si](c1ccccc1)(c1ccccc1)C(C)(C)C. The number of hydrogen-bond donors (Lipinski definition) is 1. The number of carboxylic acid groups (broad SMARTS) is 1. The van der Waals surface area contributed by atoms with Gasteiger partial charge in [0.15, 0.2) is 5.78 Å². The highest BCUT2D eigenvalue weighted by Crippen LogP contribution is 2.43. The third-order valence-corrected chi connectivity index (χ3v) is 13.7. The van der Waals surface area contributed by atoms with E-state index < -0.39 is 14.3 Å². The Morgan fingerprint density at radius 3 is 2.21 bits per heavy atom. The van der Waals surface area contributed by atoms with E-state index >= 15 is 0 Å². The van der Waals surface area contributed by atoms with Crippen LogP contribution in [0.25, 0.3) is 0 Å². The average molecular weight is 589 g/mol. The van der Waals surface area contributed by atoms with Crippen molar-refractivity contribution in [1.29, 1.82) is 0 Å². The summed E-state index contributed by atoms with van der Waals surface area (Å²) in [5.74, 6) is -0.696. The minimum Gasteiger partial charge on any atom is -0.481 e. The van der Waals surface area contributed by atoms with Crippen molar-refractivity contribution < 1.29 is 23.9 Å². The van der Waals surface area contributed by atoms with Crippen LogP contribution < -0.4 is 10.4 Å². The molecule has 42 heavy (non-hydrogen) atoms. The summed E-state index contributed by atoms with van der Waals surface area (Å²) in [6.07, 6.45) is 13.3. The third-order valence-electron chi connectivity index (χ3n) is 8.68. The summed E-state index contributed by atoms with van der Waals surface area (Å²) >= 11 is 0. The van der Waals surface area contributed by atoms with Crippen LogP contribution in [0.4, 0.5) is 0 Å². The Labute approximate surface area is 253 Å². The number of benzene rings is 2. The van der Waals surface area contributed by atoms with Gasteiger partial charge in [-0.2, -0.15) is 0 Å². The monoisotopic (exact) mass is 588 g/mol. The largest absolute Gasteiger partial charge is 0.481 e. The van der Waals surface area contributed by atoms with Crippen molar-refractivity contribution in [2.24, 2.45) is 5.92 Å². The lowest BCUT2D eigenvalue weighted by Crippen LogP contribution is -2.68. The number of aliphatic carboxylic acids is 1. The summed E-state index contributed by atoms with van der Waals surface area (Å²) in [6.45, 7) is 9.03. The number of carboxylic acids is 1. The quantitative estimate of drug-likeness (QED) is 0.0797. The first-order valence-corrected chi connectivity index (χ1v) is 17.6. The molecule has 1 saturated heterocycles. The second kappa shape index (κ2) is 14.6. The topological polar surface area (TPSA) is 76.1 Å². The lowest BCUT2D eigenvalue weighted by atomic mass is 9.95. The van der Waals surface area contributed by atoms with Crippen molar-refractivity contribution in [2.45, 2.75) is 109 Å². The molecule has 6 heteroatoms. The van der Waals surface area contributed by atoms with E-state index in [1.54, 1.807) is 0 Å². The Balaban J connectivity index is 1.66. The lowest BCUT2D eigenvalue weighted by molar-refractivity contribution is -0.137. The number of carbonyl (C=O) groups excluding carboxylic acids is 1. The summed E-state index contributed by atoms with van der Waals surface area (Å²) < 4.78 is 13.4. The first-order valence-electron chi connectivity index (χ1n) is 15.7. The predicted molar refractivity (Wildman–Crippen MR) is 172 cm³/mol. The molecule has 2 aromatic rings. The highest BCUT2D eigenvalue weighted by atomic mass is 28.4. The molecule has 4 atom stereocenters. The smallest absolute Gasteiger partial charge is 0.303 e. The number of ketones is 1. The number of allylic oxidation sites excluding steroid dienone is 2. The van der Waals surface area contributed by atoms with Gasteiger partial charge in [0.1, 0.15) is 6.10 Å². The van der Waals surface area contributed by atoms with Crippen LogP contribution in [-0.4, -0.2) is 43.5 Å². The minimum atomic E-state index is -2.84. The molecular weight excluding hydrogens is 540 g/mol. The number of rotatable bonds is 15. The van der Waals surface area contributed by atoms with E-state index in [0.717, 1.165) is 18.4 Å². The van der Waals surface area contributed by atoms with Crippen LogP contribution >= 0.6 is 0 Å². The standard InChI is InChI=1S/C36H48O5Si/c1-5-6-7-8-9-16-22-29-30(25-34-32(40-34)23-17-24-35(38)39)31(37)26-33(29)41-42(36(2,3)4,27-18-12-10-13-19-27)28-20-14-11-15-21-28/h9-16,18-21,25,29,32-34H,5-8,17,22-24,26H2,1-4H3,(H,38,39)/b16-9-,30-25+/t29-,32-,33-,34-/m1/s1. The van der Waals surface area contributed by atoms with Crippen molar-refractivity contribution in [3.8, 4) is 0 Å². The normalized spacial score (nSPS) is 23.6. The molecule has 1 heterocycles. The summed E-state index contributed by atoms with van der Waals surface area (Å²) in [6, 6.07) is 21.2. The van der Waals surface area contributed by atoms with Crippen molar-refractivity contribution in [3.05, 3.63) is 84.5 Å². The Bertz CT molecular complexity index is 1190. The van der Waals surface area contributed by atoms with Crippen LogP contribution in [0.2, 0.25) is 5.04 Å². The van der Waals surface area contributed by atoms with E-state index in [2.05, 4.69) is 88.4 Å². The molecule has 0 amide bonds. The van der Waals surface area contributed by atoms with Crippen molar-refractivity contribution in [2.75, 3.05) is 0 Å². The van der Waals surface area contributed by atoms with Crippen molar-refractivity contribution in [1.82, 2.24) is 0 Å². The molecule has 0 unspecified atom stereocenters. The number of Topliss-reactive ketones (excluding diaryl/α,β-unsaturated/α-hetero) is 1. The fourth-order valence-electron chi connectivity index (χ4n) is 6.43. The zero-order valence-corrected chi connectivity index (χ0v) is 26.8. The Morgan fingerprint density at radius 1 is 1.00 bits per heavy atom. The molecule has 2 fully saturated rings. The molecule has 1 saturated carbocycles. The molecule has 1 N–H and O–H groups in total. The first-order chi connectivity index (χ1) is 20.2. The maximum atomic E-state index is 13.7. The molecule has 5 nitrogen and oxygen atoms in total. The summed E-state index contributed by atoms with van der Waals surface area (Å²) in [5, 5.41) is 11.2. The van der Waals surface area contributed by atoms with E-state index in [9.17, 15) is 9.59 Å².